The van der Waals surface area contributed by atoms with Gasteiger partial charge in [-0.1, -0.05) is 35.9 Å². The fourth-order valence-corrected chi connectivity index (χ4v) is 2.95. The van der Waals surface area contributed by atoms with Crippen molar-refractivity contribution in [1.29, 1.82) is 0 Å². The molecule has 0 atom stereocenters. The fraction of sp³-hybridized carbons (Fsp3) is 0.316. The number of hydrogen-bond acceptors (Lipinski definition) is 2. The Bertz CT molecular complexity index is 835. The highest BCUT2D eigenvalue weighted by atomic mass is 16.5. The summed E-state index contributed by atoms with van der Waals surface area (Å²) in [6, 6.07) is 11.6. The molecule has 0 radical (unpaired) electrons. The third kappa shape index (κ3) is 3.42. The van der Waals surface area contributed by atoms with Crippen LogP contribution in [0.25, 0.3) is 10.4 Å². The van der Waals surface area contributed by atoms with Crippen molar-refractivity contribution < 1.29 is 9.53 Å². The first kappa shape index (κ1) is 16.1. The molecule has 0 bridgehead atoms. The van der Waals surface area contributed by atoms with E-state index < -0.39 is 5.91 Å². The summed E-state index contributed by atoms with van der Waals surface area (Å²) in [5, 5.41) is 3.25. The predicted octanol–water partition coefficient (Wildman–Crippen LogP) is 5.21. The lowest BCUT2D eigenvalue weighted by Gasteiger charge is -2.15. The van der Waals surface area contributed by atoms with E-state index in [4.69, 9.17) is 10.3 Å². The Labute approximate surface area is 140 Å². The van der Waals surface area contributed by atoms with E-state index >= 15 is 0 Å². The molecule has 1 saturated carbocycles. The number of rotatable bonds is 5. The van der Waals surface area contributed by atoms with Gasteiger partial charge in [0.25, 0.3) is 0 Å². The minimum Gasteiger partial charge on any atom is -0.489 e. The average Bonchev–Trinajstić information content (AvgIpc) is 3.39. The van der Waals surface area contributed by atoms with Crippen molar-refractivity contribution in [3.05, 3.63) is 74.7 Å². The molecule has 0 saturated heterocycles. The molecule has 2 aromatic rings. The summed E-state index contributed by atoms with van der Waals surface area (Å²) in [6.07, 6.45) is 2.24. The van der Waals surface area contributed by atoms with E-state index in [1.807, 2.05) is 38.1 Å². The number of nitrogens with zero attached hydrogens (tertiary/aromatic N) is 3. The van der Waals surface area contributed by atoms with Crippen LogP contribution < -0.4 is 4.74 Å². The minimum absolute atomic E-state index is 0.290. The molecule has 0 unspecified atom stereocenters. The second-order valence-electron chi connectivity index (χ2n) is 6.20. The van der Waals surface area contributed by atoms with Crippen molar-refractivity contribution in [2.45, 2.75) is 39.2 Å². The third-order valence-corrected chi connectivity index (χ3v) is 4.30. The van der Waals surface area contributed by atoms with E-state index in [0.29, 0.717) is 18.1 Å². The maximum absolute atomic E-state index is 12.1. The van der Waals surface area contributed by atoms with Crippen LogP contribution in [-0.4, -0.2) is 5.91 Å². The van der Waals surface area contributed by atoms with E-state index in [1.165, 1.54) is 5.56 Å². The second-order valence-corrected chi connectivity index (χ2v) is 6.20. The quantitative estimate of drug-likeness (QED) is 0.430. The van der Waals surface area contributed by atoms with Gasteiger partial charge in [-0.3, -0.25) is 4.79 Å². The lowest BCUT2D eigenvalue weighted by molar-refractivity contribution is 0.0997. The summed E-state index contributed by atoms with van der Waals surface area (Å²) in [5.41, 5.74) is 13.2. The smallest absolute Gasteiger partial charge is 0.249 e. The molecule has 1 amide bonds. The lowest BCUT2D eigenvalue weighted by Crippen LogP contribution is -2.08. The summed E-state index contributed by atoms with van der Waals surface area (Å²) in [6.45, 7) is 4.33. The molecule has 122 valence electrons. The molecule has 0 heterocycles. The zero-order chi connectivity index (χ0) is 17.1. The number of carbonyl (C=O) groups excluding carboxylic acids is 1. The highest BCUT2D eigenvalue weighted by Crippen LogP contribution is 2.42. The van der Waals surface area contributed by atoms with Gasteiger partial charge in [0.05, 0.1) is 0 Å². The van der Waals surface area contributed by atoms with E-state index in [0.717, 1.165) is 35.3 Å². The van der Waals surface area contributed by atoms with Gasteiger partial charge in [0.2, 0.25) is 5.91 Å². The van der Waals surface area contributed by atoms with Gasteiger partial charge < -0.3 is 4.74 Å². The Hall–Kier alpha value is -2.78. The van der Waals surface area contributed by atoms with Crippen molar-refractivity contribution in [1.82, 2.24) is 0 Å². The molecule has 0 aromatic heterocycles. The maximum atomic E-state index is 12.1. The normalized spacial score (nSPS) is 13.2. The van der Waals surface area contributed by atoms with E-state index in [-0.39, 0.29) is 0 Å². The molecule has 1 aliphatic rings. The van der Waals surface area contributed by atoms with Crippen LogP contribution in [0.4, 0.5) is 0 Å². The van der Waals surface area contributed by atoms with E-state index in [1.54, 1.807) is 6.07 Å². The fourth-order valence-electron chi connectivity index (χ4n) is 2.95. The summed E-state index contributed by atoms with van der Waals surface area (Å²) in [4.78, 5) is 14.7. The van der Waals surface area contributed by atoms with Gasteiger partial charge in [0.15, 0.2) is 0 Å². The molecular formula is C19H19N3O2. The van der Waals surface area contributed by atoms with E-state index in [9.17, 15) is 4.79 Å². The Morgan fingerprint density at radius 2 is 2.08 bits per heavy atom. The summed E-state index contributed by atoms with van der Waals surface area (Å²) in [7, 11) is 0. The van der Waals surface area contributed by atoms with Gasteiger partial charge in [-0.15, -0.1) is 0 Å². The van der Waals surface area contributed by atoms with Crippen LogP contribution in [0.3, 0.4) is 0 Å². The highest BCUT2D eigenvalue weighted by Gasteiger charge is 2.28. The number of hydrogen-bond donors (Lipinski definition) is 0. The molecule has 0 N–H and O–H groups in total. The molecule has 0 spiro atoms. The van der Waals surface area contributed by atoms with Crippen LogP contribution in [0.5, 0.6) is 5.75 Å². The Morgan fingerprint density at radius 1 is 1.29 bits per heavy atom. The molecule has 1 fully saturated rings. The second kappa shape index (κ2) is 6.77. The van der Waals surface area contributed by atoms with Crippen LogP contribution >= 0.6 is 0 Å². The highest BCUT2D eigenvalue weighted by molar-refractivity contribution is 5.96. The SMILES string of the molecule is Cc1ccc(OCc2c(C(=O)N=[N+]=[N-])cccc2C2CC2)c(C)c1. The van der Waals surface area contributed by atoms with Gasteiger partial charge >= 0.3 is 0 Å². The summed E-state index contributed by atoms with van der Waals surface area (Å²) < 4.78 is 5.98. The van der Waals surface area contributed by atoms with Gasteiger partial charge in [0.1, 0.15) is 12.4 Å². The maximum Gasteiger partial charge on any atom is 0.249 e. The number of ether oxygens (including phenoxy) is 1. The molecule has 5 heteroatoms. The number of azide groups is 1. The van der Waals surface area contributed by atoms with Gasteiger partial charge in [-0.25, -0.2) is 0 Å². The van der Waals surface area contributed by atoms with Crippen molar-refractivity contribution in [2.24, 2.45) is 5.11 Å². The van der Waals surface area contributed by atoms with Crippen LogP contribution in [0.2, 0.25) is 0 Å². The zero-order valence-electron chi connectivity index (χ0n) is 13.8. The largest absolute Gasteiger partial charge is 0.489 e. The lowest BCUT2D eigenvalue weighted by atomic mass is 9.98. The van der Waals surface area contributed by atoms with Crippen molar-refractivity contribution in [3.8, 4) is 5.75 Å². The number of carbonyl (C=O) groups is 1. The standard InChI is InChI=1S/C19H19N3O2/c1-12-6-9-18(13(2)10-12)24-11-17-15(14-7-8-14)4-3-5-16(17)19(23)21-22-20/h3-6,9-10,14H,7-8,11H2,1-2H3. The molecule has 5 nitrogen and oxygen atoms in total. The van der Waals surface area contributed by atoms with Gasteiger partial charge in [-0.05, 0) is 60.4 Å². The first-order chi connectivity index (χ1) is 11.6. The average molecular weight is 321 g/mol. The topological polar surface area (TPSA) is 75.1 Å². The molecule has 2 aromatic carbocycles. The Balaban J connectivity index is 1.93. The van der Waals surface area contributed by atoms with Crippen molar-refractivity contribution >= 4 is 5.91 Å². The third-order valence-electron chi connectivity index (χ3n) is 4.30. The number of benzene rings is 2. The molecule has 24 heavy (non-hydrogen) atoms. The van der Waals surface area contributed by atoms with Gasteiger partial charge in [-0.2, -0.15) is 0 Å². The summed E-state index contributed by atoms with van der Waals surface area (Å²) >= 11 is 0. The first-order valence-corrected chi connectivity index (χ1v) is 8.01. The molecule has 3 rings (SSSR count). The number of aryl methyl sites for hydroxylation is 2. The molecular weight excluding hydrogens is 302 g/mol. The van der Waals surface area contributed by atoms with Crippen molar-refractivity contribution in [3.63, 3.8) is 0 Å². The van der Waals surface area contributed by atoms with Gasteiger partial charge in [0, 0.05) is 16.0 Å². The van der Waals surface area contributed by atoms with Crippen LogP contribution in [0, 0.1) is 13.8 Å². The first-order valence-electron chi connectivity index (χ1n) is 8.01. The van der Waals surface area contributed by atoms with Crippen LogP contribution in [0.1, 0.15) is 51.4 Å². The monoisotopic (exact) mass is 321 g/mol. The van der Waals surface area contributed by atoms with Crippen LogP contribution in [-0.2, 0) is 6.61 Å². The van der Waals surface area contributed by atoms with Crippen molar-refractivity contribution in [2.75, 3.05) is 0 Å². The molecule has 1 aliphatic carbocycles. The minimum atomic E-state index is -0.556. The zero-order valence-corrected chi connectivity index (χ0v) is 13.8. The van der Waals surface area contributed by atoms with E-state index in [2.05, 4.69) is 16.1 Å². The molecule has 0 aliphatic heterocycles. The van der Waals surface area contributed by atoms with Crippen LogP contribution in [0.15, 0.2) is 41.5 Å². The number of amides is 1. The summed E-state index contributed by atoms with van der Waals surface area (Å²) in [5.74, 6) is 0.717. The Morgan fingerprint density at radius 3 is 2.75 bits per heavy atom. The predicted molar refractivity (Wildman–Crippen MR) is 92.1 cm³/mol. The Kier molecular flexibility index (Phi) is 4.54.